The predicted octanol–water partition coefficient (Wildman–Crippen LogP) is 1.69. The van der Waals surface area contributed by atoms with Gasteiger partial charge < -0.3 is 15.1 Å². The normalized spacial score (nSPS) is 10.9. The number of thiophene rings is 1. The third-order valence-electron chi connectivity index (χ3n) is 2.54. The molecule has 2 rings (SSSR count). The van der Waals surface area contributed by atoms with Crippen LogP contribution in [-0.4, -0.2) is 36.5 Å². The van der Waals surface area contributed by atoms with E-state index in [9.17, 15) is 0 Å². The average Bonchev–Trinajstić information content (AvgIpc) is 2.75. The Kier molecular flexibility index (Phi) is 3.77. The molecule has 0 radical (unpaired) electrons. The van der Waals surface area contributed by atoms with Crippen molar-refractivity contribution in [1.29, 1.82) is 0 Å². The Labute approximate surface area is 98.6 Å². The third kappa shape index (κ3) is 2.35. The molecule has 3 nitrogen and oxygen atoms in total. The predicted molar refractivity (Wildman–Crippen MR) is 68.2 cm³/mol. The second-order valence-electron chi connectivity index (χ2n) is 3.58. The van der Waals surface area contributed by atoms with Gasteiger partial charge in [0.1, 0.15) is 0 Å². The van der Waals surface area contributed by atoms with Crippen LogP contribution in [0.3, 0.4) is 0 Å². The van der Waals surface area contributed by atoms with E-state index in [1.165, 1.54) is 10.1 Å². The van der Waals surface area contributed by atoms with Gasteiger partial charge in [-0.2, -0.15) is 0 Å². The maximum absolute atomic E-state index is 8.98. The van der Waals surface area contributed by atoms with Gasteiger partial charge in [-0.1, -0.05) is 6.07 Å². The quantitative estimate of drug-likeness (QED) is 0.831. The van der Waals surface area contributed by atoms with Crippen LogP contribution < -0.4 is 4.90 Å². The molecule has 86 valence electrons. The van der Waals surface area contributed by atoms with Crippen LogP contribution in [0.1, 0.15) is 0 Å². The minimum atomic E-state index is 0.0997. The Morgan fingerprint density at radius 3 is 2.50 bits per heavy atom. The first kappa shape index (κ1) is 11.4. The number of aliphatic hydroxyl groups excluding tert-OH is 2. The number of fused-ring (bicyclic) bond motifs is 1. The van der Waals surface area contributed by atoms with E-state index in [1.807, 2.05) is 11.0 Å². The number of nitrogens with zero attached hydrogens (tertiary/aromatic N) is 1. The Hall–Kier alpha value is -1.10. The molecule has 1 aromatic heterocycles. The van der Waals surface area contributed by atoms with E-state index in [1.54, 1.807) is 11.3 Å². The highest BCUT2D eigenvalue weighted by atomic mass is 32.1. The number of benzene rings is 1. The highest BCUT2D eigenvalue weighted by Gasteiger charge is 2.06. The molecule has 0 fully saturated rings. The summed E-state index contributed by atoms with van der Waals surface area (Å²) in [5.41, 5.74) is 1.05. The second kappa shape index (κ2) is 5.30. The Morgan fingerprint density at radius 2 is 1.81 bits per heavy atom. The fourth-order valence-corrected chi connectivity index (χ4v) is 2.57. The topological polar surface area (TPSA) is 43.7 Å². The van der Waals surface area contributed by atoms with Crippen LogP contribution in [0.2, 0.25) is 0 Å². The summed E-state index contributed by atoms with van der Waals surface area (Å²) < 4.78 is 1.23. The maximum atomic E-state index is 8.98. The standard InChI is InChI=1S/C12H15NO2S/c14-6-4-13(5-7-15)11-2-1-10-3-8-16-12(10)9-11/h1-3,8-9,14-15H,4-7H2. The van der Waals surface area contributed by atoms with Gasteiger partial charge in [0.05, 0.1) is 13.2 Å². The first-order chi connectivity index (χ1) is 7.85. The van der Waals surface area contributed by atoms with Gasteiger partial charge in [0, 0.05) is 23.5 Å². The fraction of sp³-hybridized carbons (Fsp3) is 0.333. The van der Waals surface area contributed by atoms with Crippen molar-refractivity contribution in [2.45, 2.75) is 0 Å². The third-order valence-corrected chi connectivity index (χ3v) is 3.42. The first-order valence-corrected chi connectivity index (χ1v) is 6.17. The molecule has 0 saturated carbocycles. The Balaban J connectivity index is 2.28. The van der Waals surface area contributed by atoms with E-state index < -0.39 is 0 Å². The van der Waals surface area contributed by atoms with Crippen LogP contribution in [0.4, 0.5) is 5.69 Å². The van der Waals surface area contributed by atoms with E-state index in [2.05, 4.69) is 23.6 Å². The molecule has 0 spiro atoms. The summed E-state index contributed by atoms with van der Waals surface area (Å²) in [5.74, 6) is 0. The van der Waals surface area contributed by atoms with Crippen LogP contribution in [0.25, 0.3) is 10.1 Å². The number of anilines is 1. The molecule has 2 aromatic rings. The summed E-state index contributed by atoms with van der Waals surface area (Å²) in [6.45, 7) is 1.31. The van der Waals surface area contributed by atoms with Crippen molar-refractivity contribution in [1.82, 2.24) is 0 Å². The van der Waals surface area contributed by atoms with Crippen molar-refractivity contribution in [3.63, 3.8) is 0 Å². The summed E-state index contributed by atoms with van der Waals surface area (Å²) in [6.07, 6.45) is 0. The maximum Gasteiger partial charge on any atom is 0.0606 e. The number of rotatable bonds is 5. The lowest BCUT2D eigenvalue weighted by Gasteiger charge is -2.22. The largest absolute Gasteiger partial charge is 0.395 e. The molecule has 0 atom stereocenters. The van der Waals surface area contributed by atoms with Crippen molar-refractivity contribution in [2.75, 3.05) is 31.2 Å². The molecule has 4 heteroatoms. The van der Waals surface area contributed by atoms with Crippen LogP contribution in [0, 0.1) is 0 Å². The highest BCUT2D eigenvalue weighted by Crippen LogP contribution is 2.26. The molecule has 2 N–H and O–H groups in total. The van der Waals surface area contributed by atoms with E-state index >= 15 is 0 Å². The molecule has 0 aliphatic carbocycles. The molecule has 0 aliphatic heterocycles. The molecule has 16 heavy (non-hydrogen) atoms. The SMILES string of the molecule is OCCN(CCO)c1ccc2ccsc2c1. The molecule has 1 heterocycles. The summed E-state index contributed by atoms with van der Waals surface area (Å²) in [5, 5.41) is 21.3. The Morgan fingerprint density at radius 1 is 1.06 bits per heavy atom. The molecule has 1 aromatic carbocycles. The zero-order valence-electron chi connectivity index (χ0n) is 8.97. The van der Waals surface area contributed by atoms with Crippen LogP contribution >= 0.6 is 11.3 Å². The van der Waals surface area contributed by atoms with Crippen molar-refractivity contribution in [2.24, 2.45) is 0 Å². The van der Waals surface area contributed by atoms with Crippen molar-refractivity contribution < 1.29 is 10.2 Å². The second-order valence-corrected chi connectivity index (χ2v) is 4.52. The van der Waals surface area contributed by atoms with Gasteiger partial charge in [0.2, 0.25) is 0 Å². The zero-order chi connectivity index (χ0) is 11.4. The van der Waals surface area contributed by atoms with Gasteiger partial charge in [0.15, 0.2) is 0 Å². The lowest BCUT2D eigenvalue weighted by molar-refractivity contribution is 0.281. The molecule has 0 bridgehead atoms. The van der Waals surface area contributed by atoms with E-state index in [0.29, 0.717) is 13.1 Å². The highest BCUT2D eigenvalue weighted by molar-refractivity contribution is 7.17. The lowest BCUT2D eigenvalue weighted by Crippen LogP contribution is -2.29. The van der Waals surface area contributed by atoms with Gasteiger partial charge in [-0.25, -0.2) is 0 Å². The van der Waals surface area contributed by atoms with Crippen molar-refractivity contribution in [3.05, 3.63) is 29.6 Å². The molecular formula is C12H15NO2S. The van der Waals surface area contributed by atoms with Gasteiger partial charge in [-0.3, -0.25) is 0 Å². The summed E-state index contributed by atoms with van der Waals surface area (Å²) in [7, 11) is 0. The number of hydrogen-bond donors (Lipinski definition) is 2. The minimum absolute atomic E-state index is 0.0997. The lowest BCUT2D eigenvalue weighted by atomic mass is 10.2. The summed E-state index contributed by atoms with van der Waals surface area (Å²) in [4.78, 5) is 1.99. The minimum Gasteiger partial charge on any atom is -0.395 e. The zero-order valence-corrected chi connectivity index (χ0v) is 9.78. The van der Waals surface area contributed by atoms with Gasteiger partial charge >= 0.3 is 0 Å². The first-order valence-electron chi connectivity index (χ1n) is 5.29. The van der Waals surface area contributed by atoms with E-state index in [0.717, 1.165) is 5.69 Å². The molecule has 0 unspecified atom stereocenters. The molecule has 0 aliphatic rings. The smallest absolute Gasteiger partial charge is 0.0606 e. The fourth-order valence-electron chi connectivity index (χ4n) is 1.75. The average molecular weight is 237 g/mol. The monoisotopic (exact) mass is 237 g/mol. The summed E-state index contributed by atoms with van der Waals surface area (Å²) in [6, 6.07) is 8.29. The van der Waals surface area contributed by atoms with E-state index in [-0.39, 0.29) is 13.2 Å². The number of aliphatic hydroxyl groups is 2. The van der Waals surface area contributed by atoms with Crippen molar-refractivity contribution >= 4 is 27.1 Å². The molecule has 0 saturated heterocycles. The van der Waals surface area contributed by atoms with Crippen LogP contribution in [-0.2, 0) is 0 Å². The van der Waals surface area contributed by atoms with Crippen LogP contribution in [0.5, 0.6) is 0 Å². The van der Waals surface area contributed by atoms with E-state index in [4.69, 9.17) is 10.2 Å². The van der Waals surface area contributed by atoms with Gasteiger partial charge in [-0.15, -0.1) is 11.3 Å². The van der Waals surface area contributed by atoms with Gasteiger partial charge in [-0.05, 0) is 29.0 Å². The summed E-state index contributed by atoms with van der Waals surface area (Å²) >= 11 is 1.70. The van der Waals surface area contributed by atoms with Crippen LogP contribution in [0.15, 0.2) is 29.6 Å². The molecule has 0 amide bonds. The van der Waals surface area contributed by atoms with Gasteiger partial charge in [0.25, 0.3) is 0 Å². The Bertz CT molecular complexity index is 449. The molecular weight excluding hydrogens is 222 g/mol. The van der Waals surface area contributed by atoms with Crippen molar-refractivity contribution in [3.8, 4) is 0 Å². The number of hydrogen-bond acceptors (Lipinski definition) is 4.